The van der Waals surface area contributed by atoms with Crippen LogP contribution in [-0.2, 0) is 0 Å². The molecule has 1 amide bonds. The van der Waals surface area contributed by atoms with Crippen molar-refractivity contribution in [1.82, 2.24) is 25.1 Å². The molecule has 2 atom stereocenters. The number of aliphatic imine (C=N–C) groups is 1. The van der Waals surface area contributed by atoms with Crippen LogP contribution in [0.25, 0.3) is 0 Å². The fraction of sp³-hybridized carbons (Fsp3) is 0.476. The molecule has 9 heteroatoms. The van der Waals surface area contributed by atoms with E-state index in [2.05, 4.69) is 37.0 Å². The van der Waals surface area contributed by atoms with Crippen LogP contribution in [0, 0.1) is 18.7 Å². The molecule has 2 aromatic rings. The number of halogens is 2. The standard InChI is InChI=1S/C21H29FN6O.HI/c1-15-4-5-17(12-18(15)22)20(29)25-7-8-26-21(23-3)27-10-6-16(2)19(13-27)28-11-9-24-14-28;/h4-5,9,11-12,14,16,19H,6-8,10,13H2,1-3H3,(H,23,26)(H,25,29);1H. The summed E-state index contributed by atoms with van der Waals surface area (Å²) in [6, 6.07) is 4.85. The van der Waals surface area contributed by atoms with Gasteiger partial charge in [0, 0.05) is 51.2 Å². The fourth-order valence-corrected chi connectivity index (χ4v) is 3.61. The molecule has 30 heavy (non-hydrogen) atoms. The third-order valence-corrected chi connectivity index (χ3v) is 5.47. The zero-order chi connectivity index (χ0) is 20.8. The lowest BCUT2D eigenvalue weighted by Crippen LogP contribution is -2.50. The predicted molar refractivity (Wildman–Crippen MR) is 127 cm³/mol. The lowest BCUT2D eigenvalue weighted by Gasteiger charge is -2.39. The predicted octanol–water partition coefficient (Wildman–Crippen LogP) is 2.84. The van der Waals surface area contributed by atoms with Crippen molar-refractivity contribution >= 4 is 35.8 Å². The van der Waals surface area contributed by atoms with Crippen molar-refractivity contribution < 1.29 is 9.18 Å². The summed E-state index contributed by atoms with van der Waals surface area (Å²) in [4.78, 5) is 23.0. The van der Waals surface area contributed by atoms with E-state index in [0.717, 1.165) is 25.5 Å². The summed E-state index contributed by atoms with van der Waals surface area (Å²) in [5.74, 6) is 0.723. The molecular weight excluding hydrogens is 498 g/mol. The summed E-state index contributed by atoms with van der Waals surface area (Å²) >= 11 is 0. The maximum Gasteiger partial charge on any atom is 0.251 e. The van der Waals surface area contributed by atoms with Crippen molar-refractivity contribution in [3.8, 4) is 0 Å². The quantitative estimate of drug-likeness (QED) is 0.271. The molecule has 0 aliphatic carbocycles. The summed E-state index contributed by atoms with van der Waals surface area (Å²) < 4.78 is 15.8. The van der Waals surface area contributed by atoms with Gasteiger partial charge in [-0.1, -0.05) is 13.0 Å². The van der Waals surface area contributed by atoms with E-state index in [1.54, 1.807) is 32.3 Å². The number of aryl methyl sites for hydroxylation is 1. The molecule has 164 valence electrons. The van der Waals surface area contributed by atoms with E-state index in [-0.39, 0.29) is 35.7 Å². The third-order valence-electron chi connectivity index (χ3n) is 5.47. The highest BCUT2D eigenvalue weighted by Crippen LogP contribution is 2.27. The number of hydrogen-bond acceptors (Lipinski definition) is 3. The summed E-state index contributed by atoms with van der Waals surface area (Å²) in [5, 5.41) is 6.12. The molecule has 2 N–H and O–H groups in total. The SMILES string of the molecule is CN=C(NCCNC(=O)c1ccc(C)c(F)c1)N1CCC(C)C(n2ccnc2)C1.I. The number of piperidine rings is 1. The second-order valence-electron chi connectivity index (χ2n) is 7.48. The Labute approximate surface area is 194 Å². The van der Waals surface area contributed by atoms with Gasteiger partial charge in [-0.3, -0.25) is 9.79 Å². The van der Waals surface area contributed by atoms with Gasteiger partial charge in [-0.05, 0) is 37.0 Å². The molecule has 0 bridgehead atoms. The zero-order valence-electron chi connectivity index (χ0n) is 17.6. The number of rotatable bonds is 5. The first-order chi connectivity index (χ1) is 14.0. The molecule has 1 saturated heterocycles. The van der Waals surface area contributed by atoms with Gasteiger partial charge in [0.1, 0.15) is 5.82 Å². The topological polar surface area (TPSA) is 74.6 Å². The molecule has 1 aromatic heterocycles. The van der Waals surface area contributed by atoms with Crippen LogP contribution < -0.4 is 10.6 Å². The first kappa shape index (κ1) is 24.1. The van der Waals surface area contributed by atoms with Crippen molar-refractivity contribution in [2.45, 2.75) is 26.3 Å². The molecule has 0 radical (unpaired) electrons. The van der Waals surface area contributed by atoms with Crippen LogP contribution >= 0.6 is 24.0 Å². The number of hydrogen-bond donors (Lipinski definition) is 2. The van der Waals surface area contributed by atoms with E-state index >= 15 is 0 Å². The third kappa shape index (κ3) is 5.93. The molecular formula is C21H30FIN6O. The molecule has 2 heterocycles. The van der Waals surface area contributed by atoms with Gasteiger partial charge in [0.25, 0.3) is 5.91 Å². The number of guanidine groups is 1. The van der Waals surface area contributed by atoms with Crippen LogP contribution in [0.1, 0.15) is 35.3 Å². The van der Waals surface area contributed by atoms with Gasteiger partial charge in [-0.15, -0.1) is 24.0 Å². The zero-order valence-corrected chi connectivity index (χ0v) is 20.0. The Hall–Kier alpha value is -2.17. The van der Waals surface area contributed by atoms with Gasteiger partial charge < -0.3 is 20.1 Å². The van der Waals surface area contributed by atoms with E-state index in [9.17, 15) is 9.18 Å². The van der Waals surface area contributed by atoms with E-state index < -0.39 is 0 Å². The number of likely N-dealkylation sites (tertiary alicyclic amines) is 1. The minimum absolute atomic E-state index is 0. The summed E-state index contributed by atoms with van der Waals surface area (Å²) in [5.41, 5.74) is 0.850. The molecule has 1 aliphatic rings. The van der Waals surface area contributed by atoms with Gasteiger partial charge >= 0.3 is 0 Å². The van der Waals surface area contributed by atoms with Crippen LogP contribution in [0.15, 0.2) is 41.9 Å². The first-order valence-corrected chi connectivity index (χ1v) is 9.97. The number of nitrogens with zero attached hydrogens (tertiary/aromatic N) is 4. The number of benzene rings is 1. The summed E-state index contributed by atoms with van der Waals surface area (Å²) in [6.45, 7) is 6.68. The van der Waals surface area contributed by atoms with Crippen LogP contribution in [-0.4, -0.2) is 59.5 Å². The highest BCUT2D eigenvalue weighted by Gasteiger charge is 2.28. The van der Waals surface area contributed by atoms with Crippen LogP contribution in [0.3, 0.4) is 0 Å². The minimum Gasteiger partial charge on any atom is -0.354 e. The molecule has 1 aliphatic heterocycles. The number of carbonyl (C=O) groups excluding carboxylic acids is 1. The van der Waals surface area contributed by atoms with Crippen molar-refractivity contribution in [2.24, 2.45) is 10.9 Å². The van der Waals surface area contributed by atoms with Gasteiger partial charge in [0.2, 0.25) is 0 Å². The molecule has 3 rings (SSSR count). The minimum atomic E-state index is -0.372. The Balaban J connectivity index is 0.00000320. The van der Waals surface area contributed by atoms with E-state index in [4.69, 9.17) is 0 Å². The summed E-state index contributed by atoms with van der Waals surface area (Å²) in [7, 11) is 1.76. The number of amides is 1. The molecule has 1 fully saturated rings. The maximum absolute atomic E-state index is 13.6. The largest absolute Gasteiger partial charge is 0.354 e. The summed E-state index contributed by atoms with van der Waals surface area (Å²) in [6.07, 6.45) is 6.75. The normalized spacial score (nSPS) is 19.2. The smallest absolute Gasteiger partial charge is 0.251 e. The Morgan fingerprint density at radius 3 is 2.77 bits per heavy atom. The average molecular weight is 528 g/mol. The molecule has 0 saturated carbocycles. The fourth-order valence-electron chi connectivity index (χ4n) is 3.61. The Bertz CT molecular complexity index is 857. The van der Waals surface area contributed by atoms with Gasteiger partial charge in [-0.2, -0.15) is 0 Å². The highest BCUT2D eigenvalue weighted by molar-refractivity contribution is 14.0. The number of aromatic nitrogens is 2. The van der Waals surface area contributed by atoms with Crippen molar-refractivity contribution in [2.75, 3.05) is 33.2 Å². The van der Waals surface area contributed by atoms with Gasteiger partial charge in [-0.25, -0.2) is 9.37 Å². The second-order valence-corrected chi connectivity index (χ2v) is 7.48. The van der Waals surface area contributed by atoms with Crippen molar-refractivity contribution in [1.29, 1.82) is 0 Å². The first-order valence-electron chi connectivity index (χ1n) is 9.97. The van der Waals surface area contributed by atoms with Crippen molar-refractivity contribution in [3.05, 3.63) is 53.9 Å². The molecule has 7 nitrogen and oxygen atoms in total. The van der Waals surface area contributed by atoms with Crippen LogP contribution in [0.5, 0.6) is 0 Å². The average Bonchev–Trinajstić information content (AvgIpc) is 3.25. The number of carbonyl (C=O) groups is 1. The van der Waals surface area contributed by atoms with Gasteiger partial charge in [0.15, 0.2) is 5.96 Å². The lowest BCUT2D eigenvalue weighted by atomic mass is 9.93. The Kier molecular flexibility index (Phi) is 9.07. The monoisotopic (exact) mass is 528 g/mol. The maximum atomic E-state index is 13.6. The van der Waals surface area contributed by atoms with Crippen LogP contribution in [0.4, 0.5) is 4.39 Å². The molecule has 1 aromatic carbocycles. The Morgan fingerprint density at radius 1 is 1.33 bits per heavy atom. The second kappa shape index (κ2) is 11.3. The van der Waals surface area contributed by atoms with E-state index in [1.165, 1.54) is 6.07 Å². The van der Waals surface area contributed by atoms with E-state index in [0.29, 0.717) is 36.2 Å². The Morgan fingerprint density at radius 2 is 2.10 bits per heavy atom. The lowest BCUT2D eigenvalue weighted by molar-refractivity contribution is 0.0953. The van der Waals surface area contributed by atoms with E-state index in [1.807, 2.05) is 12.5 Å². The number of nitrogens with one attached hydrogen (secondary N) is 2. The molecule has 0 spiro atoms. The van der Waals surface area contributed by atoms with Gasteiger partial charge in [0.05, 0.1) is 12.4 Å². The van der Waals surface area contributed by atoms with Crippen molar-refractivity contribution in [3.63, 3.8) is 0 Å². The van der Waals surface area contributed by atoms with Crippen LogP contribution in [0.2, 0.25) is 0 Å². The highest BCUT2D eigenvalue weighted by atomic mass is 127. The molecule has 2 unspecified atom stereocenters. The number of imidazole rings is 1.